The lowest BCUT2D eigenvalue weighted by molar-refractivity contribution is 0.138. The molecule has 33 heavy (non-hydrogen) atoms. The van der Waals surface area contributed by atoms with Crippen molar-refractivity contribution >= 4 is 33.9 Å². The maximum Gasteiger partial charge on any atom is 0.176 e. The Morgan fingerprint density at radius 2 is 1.79 bits per heavy atom. The van der Waals surface area contributed by atoms with Gasteiger partial charge in [-0.05, 0) is 73.3 Å². The highest BCUT2D eigenvalue weighted by molar-refractivity contribution is 6.32. The van der Waals surface area contributed by atoms with Gasteiger partial charge in [0, 0.05) is 29.5 Å². The Kier molecular flexibility index (Phi) is 6.70. The van der Waals surface area contributed by atoms with Crippen LogP contribution in [0.1, 0.15) is 11.7 Å². The van der Waals surface area contributed by atoms with Crippen LogP contribution >= 0.6 is 11.6 Å². The molecule has 0 saturated carbocycles. The number of phenols is 1. The normalized spacial score (nSPS) is 12.2. The van der Waals surface area contributed by atoms with Crippen LogP contribution in [-0.2, 0) is 0 Å². The monoisotopic (exact) mass is 463 g/mol. The fraction of sp³-hybridized carbons (Fsp3) is 0.192. The van der Waals surface area contributed by atoms with Gasteiger partial charge in [-0.3, -0.25) is 4.98 Å². The molecule has 7 heteroatoms. The summed E-state index contributed by atoms with van der Waals surface area (Å²) in [5, 5.41) is 25.0. The van der Waals surface area contributed by atoms with Crippen LogP contribution in [0.25, 0.3) is 22.0 Å². The molecule has 3 N–H and O–H groups in total. The first-order chi connectivity index (χ1) is 15.9. The Morgan fingerprint density at radius 3 is 2.48 bits per heavy atom. The summed E-state index contributed by atoms with van der Waals surface area (Å²) in [7, 11) is 5.36. The highest BCUT2D eigenvalue weighted by Gasteiger charge is 2.12. The van der Waals surface area contributed by atoms with E-state index in [2.05, 4.69) is 10.3 Å². The Morgan fingerprint density at radius 1 is 1.03 bits per heavy atom. The zero-order valence-electron chi connectivity index (χ0n) is 18.7. The van der Waals surface area contributed by atoms with E-state index in [1.807, 2.05) is 67.5 Å². The molecule has 1 unspecified atom stereocenters. The molecular formula is C26H26ClN3O3. The molecular weight excluding hydrogens is 438 g/mol. The van der Waals surface area contributed by atoms with E-state index in [-0.39, 0.29) is 10.8 Å². The number of likely N-dealkylation sites (N-methyl/N-ethyl adjacent to an activating group) is 1. The maximum absolute atomic E-state index is 10.3. The summed E-state index contributed by atoms with van der Waals surface area (Å²) in [6, 6.07) is 19.1. The van der Waals surface area contributed by atoms with Crippen LogP contribution in [0.4, 0.5) is 11.4 Å². The van der Waals surface area contributed by atoms with Crippen LogP contribution < -0.4 is 10.1 Å². The van der Waals surface area contributed by atoms with Crippen molar-refractivity contribution in [3.05, 3.63) is 77.4 Å². The molecule has 0 fully saturated rings. The van der Waals surface area contributed by atoms with Crippen LogP contribution in [0.3, 0.4) is 0 Å². The predicted octanol–water partition coefficient (Wildman–Crippen LogP) is 5.61. The third-order valence-corrected chi connectivity index (χ3v) is 5.72. The molecule has 1 heterocycles. The number of aliphatic hydroxyl groups excluding tert-OH is 1. The van der Waals surface area contributed by atoms with E-state index in [1.165, 1.54) is 7.11 Å². The van der Waals surface area contributed by atoms with Gasteiger partial charge in [-0.25, -0.2) is 0 Å². The highest BCUT2D eigenvalue weighted by Crippen LogP contribution is 2.39. The fourth-order valence-corrected chi connectivity index (χ4v) is 3.94. The van der Waals surface area contributed by atoms with E-state index in [1.54, 1.807) is 18.3 Å². The first-order valence-electron chi connectivity index (χ1n) is 10.5. The van der Waals surface area contributed by atoms with Crippen molar-refractivity contribution in [1.82, 2.24) is 9.88 Å². The Hall–Kier alpha value is -3.32. The Balaban J connectivity index is 1.66. The van der Waals surface area contributed by atoms with E-state index >= 15 is 0 Å². The molecule has 0 spiro atoms. The predicted molar refractivity (Wildman–Crippen MR) is 134 cm³/mol. The SMILES string of the molecule is COc1cc(-c2ccc3nccc(Nc4ccc(C(O)CN(C)C)cc4)c3c2)cc(Cl)c1O. The lowest BCUT2D eigenvalue weighted by Crippen LogP contribution is -2.19. The van der Waals surface area contributed by atoms with Crippen molar-refractivity contribution in [3.63, 3.8) is 0 Å². The molecule has 0 saturated heterocycles. The van der Waals surface area contributed by atoms with Crippen molar-refractivity contribution in [2.75, 3.05) is 33.1 Å². The van der Waals surface area contributed by atoms with Crippen LogP contribution in [-0.4, -0.2) is 47.8 Å². The summed E-state index contributed by atoms with van der Waals surface area (Å²) in [4.78, 5) is 6.43. The number of anilines is 2. The van der Waals surface area contributed by atoms with E-state index in [9.17, 15) is 10.2 Å². The summed E-state index contributed by atoms with van der Waals surface area (Å²) in [5.74, 6) is 0.241. The number of hydrogen-bond donors (Lipinski definition) is 3. The number of rotatable bonds is 7. The quantitative estimate of drug-likeness (QED) is 0.331. The van der Waals surface area contributed by atoms with Gasteiger partial charge in [0.25, 0.3) is 0 Å². The van der Waals surface area contributed by atoms with Gasteiger partial charge in [0.2, 0.25) is 0 Å². The molecule has 6 nitrogen and oxygen atoms in total. The molecule has 4 rings (SSSR count). The molecule has 1 atom stereocenters. The number of pyridine rings is 1. The third-order valence-electron chi connectivity index (χ3n) is 5.44. The summed E-state index contributed by atoms with van der Waals surface area (Å²) in [5.41, 5.74) is 5.27. The number of nitrogens with one attached hydrogen (secondary N) is 1. The minimum absolute atomic E-state index is 0.0770. The van der Waals surface area contributed by atoms with E-state index in [0.717, 1.165) is 39.0 Å². The topological polar surface area (TPSA) is 77.8 Å². The van der Waals surface area contributed by atoms with Crippen molar-refractivity contribution in [2.24, 2.45) is 0 Å². The number of phenolic OH excluding ortho intramolecular Hbond substituents is 1. The zero-order valence-corrected chi connectivity index (χ0v) is 19.5. The molecule has 0 amide bonds. The minimum atomic E-state index is -0.535. The maximum atomic E-state index is 10.3. The van der Waals surface area contributed by atoms with Crippen molar-refractivity contribution < 1.29 is 14.9 Å². The largest absolute Gasteiger partial charge is 0.503 e. The van der Waals surface area contributed by atoms with Gasteiger partial charge in [-0.1, -0.05) is 29.8 Å². The van der Waals surface area contributed by atoms with Crippen LogP contribution in [0, 0.1) is 0 Å². The standard InChI is InChI=1S/C26H26ClN3O3/c1-30(2)15-24(31)16-4-7-19(8-5-16)29-23-10-11-28-22-9-6-17(12-20(22)23)18-13-21(27)26(32)25(14-18)33-3/h4-14,24,31-32H,15H2,1-3H3,(H,28,29). The molecule has 0 radical (unpaired) electrons. The molecule has 0 aliphatic heterocycles. The number of aromatic hydroxyl groups is 1. The number of fused-ring (bicyclic) bond motifs is 1. The second-order valence-electron chi connectivity index (χ2n) is 8.12. The molecule has 3 aromatic carbocycles. The molecule has 1 aromatic heterocycles. The third kappa shape index (κ3) is 5.03. The molecule has 0 bridgehead atoms. The number of aromatic nitrogens is 1. The smallest absolute Gasteiger partial charge is 0.176 e. The van der Waals surface area contributed by atoms with Crippen LogP contribution in [0.15, 0.2) is 66.9 Å². The Labute approximate surface area is 198 Å². The van der Waals surface area contributed by atoms with Crippen molar-refractivity contribution in [2.45, 2.75) is 6.10 Å². The number of methoxy groups -OCH3 is 1. The van der Waals surface area contributed by atoms with Gasteiger partial charge < -0.3 is 25.2 Å². The molecule has 0 aliphatic carbocycles. The minimum Gasteiger partial charge on any atom is -0.503 e. The second kappa shape index (κ2) is 9.67. The van der Waals surface area contributed by atoms with Crippen molar-refractivity contribution in [1.29, 1.82) is 0 Å². The van der Waals surface area contributed by atoms with Gasteiger partial charge in [-0.2, -0.15) is 0 Å². The number of aliphatic hydroxyl groups is 1. The van der Waals surface area contributed by atoms with Gasteiger partial charge in [0.05, 0.1) is 23.8 Å². The highest BCUT2D eigenvalue weighted by atomic mass is 35.5. The lowest BCUT2D eigenvalue weighted by Gasteiger charge is -2.17. The van der Waals surface area contributed by atoms with Crippen LogP contribution in [0.5, 0.6) is 11.5 Å². The summed E-state index contributed by atoms with van der Waals surface area (Å²) in [6.07, 6.45) is 1.23. The fourth-order valence-electron chi connectivity index (χ4n) is 3.73. The lowest BCUT2D eigenvalue weighted by atomic mass is 10.0. The average Bonchev–Trinajstić information content (AvgIpc) is 2.80. The zero-order chi connectivity index (χ0) is 23.5. The van der Waals surface area contributed by atoms with E-state index in [0.29, 0.717) is 12.3 Å². The number of nitrogens with zero attached hydrogens (tertiary/aromatic N) is 2. The number of ether oxygens (including phenoxy) is 1. The van der Waals surface area contributed by atoms with Crippen molar-refractivity contribution in [3.8, 4) is 22.6 Å². The van der Waals surface area contributed by atoms with Gasteiger partial charge in [0.1, 0.15) is 0 Å². The molecule has 170 valence electrons. The number of halogens is 1. The summed E-state index contributed by atoms with van der Waals surface area (Å²) in [6.45, 7) is 0.566. The first kappa shape index (κ1) is 22.9. The second-order valence-corrected chi connectivity index (χ2v) is 8.53. The number of benzene rings is 3. The van der Waals surface area contributed by atoms with Gasteiger partial charge in [-0.15, -0.1) is 0 Å². The van der Waals surface area contributed by atoms with Gasteiger partial charge >= 0.3 is 0 Å². The first-order valence-corrected chi connectivity index (χ1v) is 10.9. The molecule has 4 aromatic rings. The van der Waals surface area contributed by atoms with Crippen LogP contribution in [0.2, 0.25) is 5.02 Å². The summed E-state index contributed by atoms with van der Waals surface area (Å²) < 4.78 is 5.25. The molecule has 0 aliphatic rings. The Bertz CT molecular complexity index is 1280. The average molecular weight is 464 g/mol. The summed E-state index contributed by atoms with van der Waals surface area (Å²) >= 11 is 6.19. The van der Waals surface area contributed by atoms with E-state index in [4.69, 9.17) is 16.3 Å². The van der Waals surface area contributed by atoms with Gasteiger partial charge in [0.15, 0.2) is 11.5 Å². The van der Waals surface area contributed by atoms with E-state index < -0.39 is 6.10 Å². The number of hydrogen-bond acceptors (Lipinski definition) is 6.